The Labute approximate surface area is 168 Å². The van der Waals surface area contributed by atoms with Crippen LogP contribution in [0.2, 0.25) is 0 Å². The molecule has 10 heteroatoms. The van der Waals surface area contributed by atoms with E-state index in [0.29, 0.717) is 23.8 Å². The van der Waals surface area contributed by atoms with Crippen molar-refractivity contribution >= 4 is 21.4 Å². The van der Waals surface area contributed by atoms with E-state index in [1.54, 1.807) is 12.1 Å². The smallest absolute Gasteiger partial charge is 0.239 e. The highest BCUT2D eigenvalue weighted by molar-refractivity contribution is 7.91. The van der Waals surface area contributed by atoms with E-state index in [2.05, 4.69) is 10.3 Å². The number of methoxy groups -OCH3 is 2. The van der Waals surface area contributed by atoms with Crippen LogP contribution in [0.1, 0.15) is 19.0 Å². The molecule has 9 nitrogen and oxygen atoms in total. The third-order valence-electron chi connectivity index (χ3n) is 3.79. The van der Waals surface area contributed by atoms with E-state index < -0.39 is 32.7 Å². The van der Waals surface area contributed by atoms with Gasteiger partial charge >= 0.3 is 0 Å². The second-order valence-electron chi connectivity index (χ2n) is 6.19. The molecule has 2 rings (SSSR count). The molecule has 1 aromatic heterocycles. The zero-order chi connectivity index (χ0) is 21.4. The SMILES string of the molecule is CCCOc1c[nH]c(CS(=O)(=O)CC(=O)Nc2ccc(OC)c(OC)c2)cc1=O. The van der Waals surface area contributed by atoms with Crippen molar-refractivity contribution in [2.75, 3.05) is 31.9 Å². The highest BCUT2D eigenvalue weighted by Gasteiger charge is 2.19. The van der Waals surface area contributed by atoms with E-state index in [1.165, 1.54) is 26.5 Å². The van der Waals surface area contributed by atoms with E-state index in [1.807, 2.05) is 6.92 Å². The number of amides is 1. The molecule has 0 fully saturated rings. The van der Waals surface area contributed by atoms with Crippen LogP contribution in [0.4, 0.5) is 5.69 Å². The number of ether oxygens (including phenoxy) is 3. The molecule has 2 aromatic rings. The van der Waals surface area contributed by atoms with Crippen molar-refractivity contribution in [1.82, 2.24) is 4.98 Å². The Morgan fingerprint density at radius 2 is 1.83 bits per heavy atom. The minimum absolute atomic E-state index is 0.124. The van der Waals surface area contributed by atoms with Gasteiger partial charge in [0.15, 0.2) is 27.1 Å². The van der Waals surface area contributed by atoms with Crippen LogP contribution in [-0.2, 0) is 20.4 Å². The summed E-state index contributed by atoms with van der Waals surface area (Å²) in [5, 5.41) is 2.51. The Morgan fingerprint density at radius 3 is 2.45 bits per heavy atom. The van der Waals surface area contributed by atoms with Crippen molar-refractivity contribution in [2.45, 2.75) is 19.1 Å². The van der Waals surface area contributed by atoms with Gasteiger partial charge in [-0.2, -0.15) is 0 Å². The van der Waals surface area contributed by atoms with E-state index in [-0.39, 0.29) is 11.4 Å². The van der Waals surface area contributed by atoms with Gasteiger partial charge in [-0.1, -0.05) is 6.92 Å². The van der Waals surface area contributed by atoms with Crippen molar-refractivity contribution in [1.29, 1.82) is 0 Å². The Bertz CT molecular complexity index is 1020. The summed E-state index contributed by atoms with van der Waals surface area (Å²) < 4.78 is 40.2. The molecule has 0 aliphatic rings. The zero-order valence-electron chi connectivity index (χ0n) is 16.5. The first-order valence-electron chi connectivity index (χ1n) is 8.84. The van der Waals surface area contributed by atoms with Gasteiger partial charge in [0.2, 0.25) is 11.3 Å². The predicted molar refractivity (Wildman–Crippen MR) is 109 cm³/mol. The molecule has 1 aromatic carbocycles. The number of aromatic amines is 1. The zero-order valence-corrected chi connectivity index (χ0v) is 17.3. The lowest BCUT2D eigenvalue weighted by molar-refractivity contribution is -0.113. The molecular weight excluding hydrogens is 400 g/mol. The summed E-state index contributed by atoms with van der Waals surface area (Å²) in [6, 6.07) is 5.85. The molecule has 0 saturated heterocycles. The van der Waals surface area contributed by atoms with E-state index in [4.69, 9.17) is 14.2 Å². The van der Waals surface area contributed by atoms with Crippen molar-refractivity contribution < 1.29 is 27.4 Å². The molecule has 0 bridgehead atoms. The highest BCUT2D eigenvalue weighted by atomic mass is 32.2. The number of aromatic nitrogens is 1. The molecule has 1 amide bonds. The Kier molecular flexibility index (Phi) is 7.66. The fraction of sp³-hybridized carbons (Fsp3) is 0.368. The molecule has 2 N–H and O–H groups in total. The average molecular weight is 424 g/mol. The lowest BCUT2D eigenvalue weighted by Gasteiger charge is -2.11. The van der Waals surface area contributed by atoms with Crippen molar-refractivity contribution in [3.63, 3.8) is 0 Å². The molecule has 158 valence electrons. The van der Waals surface area contributed by atoms with Gasteiger partial charge in [-0.25, -0.2) is 8.42 Å². The summed E-state index contributed by atoms with van der Waals surface area (Å²) in [5.41, 5.74) is 0.128. The molecule has 29 heavy (non-hydrogen) atoms. The normalized spacial score (nSPS) is 11.0. The monoisotopic (exact) mass is 424 g/mol. The number of rotatable bonds is 10. The fourth-order valence-corrected chi connectivity index (χ4v) is 3.72. The lowest BCUT2D eigenvalue weighted by Crippen LogP contribution is -2.24. The Hall–Kier alpha value is -3.01. The first kappa shape index (κ1) is 22.3. The average Bonchev–Trinajstić information content (AvgIpc) is 2.66. The van der Waals surface area contributed by atoms with Gasteiger partial charge in [0, 0.05) is 29.7 Å². The number of pyridine rings is 1. The third-order valence-corrected chi connectivity index (χ3v) is 5.25. The number of carbonyl (C=O) groups excluding carboxylic acids is 1. The molecule has 0 radical (unpaired) electrons. The van der Waals surface area contributed by atoms with Crippen LogP contribution in [-0.4, -0.2) is 45.9 Å². The summed E-state index contributed by atoms with van der Waals surface area (Å²) in [6.07, 6.45) is 2.07. The first-order chi connectivity index (χ1) is 13.8. The minimum Gasteiger partial charge on any atom is -0.493 e. The van der Waals surface area contributed by atoms with E-state index >= 15 is 0 Å². The topological polar surface area (TPSA) is 124 Å². The number of carbonyl (C=O) groups is 1. The largest absolute Gasteiger partial charge is 0.493 e. The van der Waals surface area contributed by atoms with Crippen molar-refractivity contribution in [2.24, 2.45) is 0 Å². The number of benzene rings is 1. The second kappa shape index (κ2) is 9.97. The number of H-pyrrole nitrogens is 1. The second-order valence-corrected chi connectivity index (χ2v) is 8.25. The standard InChI is InChI=1S/C19H24N2O7S/c1-4-7-28-18-10-20-14(8-15(18)22)11-29(24,25)12-19(23)21-13-5-6-16(26-2)17(9-13)27-3/h5-6,8-10H,4,7,11-12H2,1-3H3,(H,20,22)(H,21,23). The van der Waals surface area contributed by atoms with Gasteiger partial charge < -0.3 is 24.5 Å². The summed E-state index contributed by atoms with van der Waals surface area (Å²) in [7, 11) is -0.875. The summed E-state index contributed by atoms with van der Waals surface area (Å²) in [5.74, 6) is -0.918. The molecule has 1 heterocycles. The molecule has 0 unspecified atom stereocenters. The number of sulfone groups is 1. The summed E-state index contributed by atoms with van der Waals surface area (Å²) in [6.45, 7) is 2.29. The number of nitrogens with one attached hydrogen (secondary N) is 2. The van der Waals surface area contributed by atoms with Crippen LogP contribution in [0.25, 0.3) is 0 Å². The first-order valence-corrected chi connectivity index (χ1v) is 10.7. The highest BCUT2D eigenvalue weighted by Crippen LogP contribution is 2.29. The quantitative estimate of drug-likeness (QED) is 0.595. The van der Waals surface area contributed by atoms with E-state index in [9.17, 15) is 18.0 Å². The van der Waals surface area contributed by atoms with Crippen molar-refractivity contribution in [3.8, 4) is 17.2 Å². The number of hydrogen-bond acceptors (Lipinski definition) is 7. The van der Waals surface area contributed by atoms with Gasteiger partial charge in [0.05, 0.1) is 26.6 Å². The van der Waals surface area contributed by atoms with Gasteiger partial charge in [-0.05, 0) is 18.6 Å². The predicted octanol–water partition coefficient (Wildman–Crippen LogP) is 1.73. The van der Waals surface area contributed by atoms with E-state index in [0.717, 1.165) is 12.5 Å². The summed E-state index contributed by atoms with van der Waals surface area (Å²) in [4.78, 5) is 26.9. The Morgan fingerprint density at radius 1 is 1.10 bits per heavy atom. The molecule has 0 aliphatic heterocycles. The third kappa shape index (κ3) is 6.53. The van der Waals surface area contributed by atoms with Crippen LogP contribution < -0.4 is 25.0 Å². The van der Waals surface area contributed by atoms with Crippen molar-refractivity contribution in [3.05, 3.63) is 46.4 Å². The molecular formula is C19H24N2O7S. The van der Waals surface area contributed by atoms with Crippen LogP contribution in [0.5, 0.6) is 17.2 Å². The number of hydrogen-bond donors (Lipinski definition) is 2. The van der Waals surface area contributed by atoms with Crippen LogP contribution in [0.15, 0.2) is 35.3 Å². The van der Waals surface area contributed by atoms with Crippen LogP contribution >= 0.6 is 0 Å². The van der Waals surface area contributed by atoms with Crippen LogP contribution in [0.3, 0.4) is 0 Å². The maximum atomic E-state index is 12.3. The van der Waals surface area contributed by atoms with Gasteiger partial charge in [0.1, 0.15) is 5.75 Å². The van der Waals surface area contributed by atoms with Gasteiger partial charge in [0.25, 0.3) is 0 Å². The lowest BCUT2D eigenvalue weighted by atomic mass is 10.2. The van der Waals surface area contributed by atoms with Gasteiger partial charge in [-0.3, -0.25) is 9.59 Å². The fourth-order valence-electron chi connectivity index (χ4n) is 2.51. The number of anilines is 1. The molecule has 0 aliphatic carbocycles. The molecule has 0 spiro atoms. The van der Waals surface area contributed by atoms with Gasteiger partial charge in [-0.15, -0.1) is 0 Å². The molecule has 0 saturated carbocycles. The molecule has 0 atom stereocenters. The maximum Gasteiger partial charge on any atom is 0.239 e. The summed E-state index contributed by atoms with van der Waals surface area (Å²) >= 11 is 0. The maximum absolute atomic E-state index is 12.3. The minimum atomic E-state index is -3.81. The van der Waals surface area contributed by atoms with Crippen LogP contribution in [0, 0.1) is 0 Å². The Balaban J connectivity index is 2.02.